The van der Waals surface area contributed by atoms with E-state index in [4.69, 9.17) is 23.2 Å². The highest BCUT2D eigenvalue weighted by molar-refractivity contribution is 7.95. The van der Waals surface area contributed by atoms with Crippen molar-refractivity contribution in [3.63, 3.8) is 0 Å². The van der Waals surface area contributed by atoms with Crippen molar-refractivity contribution in [1.82, 2.24) is 4.98 Å². The van der Waals surface area contributed by atoms with Crippen molar-refractivity contribution < 1.29 is 12.8 Å². The number of hydrogen-bond acceptors (Lipinski definition) is 2. The fourth-order valence-electron chi connectivity index (χ4n) is 0.609. The van der Waals surface area contributed by atoms with Crippen LogP contribution >= 0.6 is 23.2 Å². The van der Waals surface area contributed by atoms with Gasteiger partial charge in [0.05, 0.1) is 4.90 Å². The van der Waals surface area contributed by atoms with Crippen molar-refractivity contribution in [2.45, 2.75) is 8.81 Å². The summed E-state index contributed by atoms with van der Waals surface area (Å²) in [5.74, 6) is 0. The topological polar surface area (TPSA) is 49.9 Å². The number of hydrogen-bond donors (Lipinski definition) is 1. The maximum atomic E-state index is 12.7. The molecule has 1 aromatic rings. The highest BCUT2D eigenvalue weighted by atomic mass is 35.5. The van der Waals surface area contributed by atoms with Gasteiger partial charge in [-0.3, -0.25) is 0 Å². The fraction of sp³-hybridized carbons (Fsp3) is 0.200. The van der Waals surface area contributed by atoms with Crippen LogP contribution < -0.4 is 0 Å². The Bertz CT molecular complexity index is 353. The van der Waals surface area contributed by atoms with Crippen molar-refractivity contribution >= 4 is 33.0 Å². The minimum absolute atomic E-state index is 0.282. The number of rotatable bonds is 2. The SMILES string of the molecule is O=S(=O)(c1cc[nH]c1)C(F)(Cl)Cl. The van der Waals surface area contributed by atoms with Gasteiger partial charge in [0.2, 0.25) is 9.84 Å². The van der Waals surface area contributed by atoms with Gasteiger partial charge in [0.1, 0.15) is 0 Å². The van der Waals surface area contributed by atoms with Crippen molar-refractivity contribution in [1.29, 1.82) is 0 Å². The molecule has 68 valence electrons. The largest absolute Gasteiger partial charge is 0.366 e. The number of alkyl halides is 3. The van der Waals surface area contributed by atoms with Gasteiger partial charge in [-0.15, -0.1) is 0 Å². The first-order valence-electron chi connectivity index (χ1n) is 2.80. The number of sulfone groups is 1. The van der Waals surface area contributed by atoms with Crippen LogP contribution in [0.15, 0.2) is 23.4 Å². The third-order valence-electron chi connectivity index (χ3n) is 1.18. The first kappa shape index (κ1) is 9.83. The van der Waals surface area contributed by atoms with Gasteiger partial charge in [-0.1, -0.05) is 0 Å². The highest BCUT2D eigenvalue weighted by Crippen LogP contribution is 2.34. The molecule has 1 N–H and O–H groups in total. The van der Waals surface area contributed by atoms with Crippen LogP contribution in [0.25, 0.3) is 0 Å². The molecule has 0 saturated heterocycles. The normalized spacial score (nSPS) is 13.2. The molecule has 1 rings (SSSR count). The van der Waals surface area contributed by atoms with E-state index in [9.17, 15) is 12.8 Å². The van der Waals surface area contributed by atoms with Gasteiger partial charge in [0.15, 0.2) is 0 Å². The van der Waals surface area contributed by atoms with Crippen LogP contribution in [0.5, 0.6) is 0 Å². The van der Waals surface area contributed by atoms with E-state index in [-0.39, 0.29) is 4.90 Å². The van der Waals surface area contributed by atoms with Crippen molar-refractivity contribution in [2.24, 2.45) is 0 Å². The van der Waals surface area contributed by atoms with Crippen molar-refractivity contribution in [2.75, 3.05) is 0 Å². The van der Waals surface area contributed by atoms with E-state index in [1.54, 1.807) is 0 Å². The maximum Gasteiger partial charge on any atom is 0.362 e. The lowest BCUT2D eigenvalue weighted by atomic mass is 10.7. The second-order valence-electron chi connectivity index (χ2n) is 2.00. The molecule has 0 saturated carbocycles. The van der Waals surface area contributed by atoms with E-state index in [1.165, 1.54) is 6.20 Å². The smallest absolute Gasteiger partial charge is 0.362 e. The van der Waals surface area contributed by atoms with E-state index in [2.05, 4.69) is 4.98 Å². The summed E-state index contributed by atoms with van der Waals surface area (Å²) in [5, 5.41) is 0. The van der Waals surface area contributed by atoms with Crippen LogP contribution in [0.3, 0.4) is 0 Å². The lowest BCUT2D eigenvalue weighted by Gasteiger charge is -2.07. The molecule has 1 aromatic heterocycles. The second kappa shape index (κ2) is 2.90. The summed E-state index contributed by atoms with van der Waals surface area (Å²) in [5.41, 5.74) is 0. The summed E-state index contributed by atoms with van der Waals surface area (Å²) in [6, 6.07) is 1.16. The molecule has 0 bridgehead atoms. The fourth-order valence-corrected chi connectivity index (χ4v) is 1.88. The van der Waals surface area contributed by atoms with Gasteiger partial charge in [-0.2, -0.15) is 4.39 Å². The molecule has 0 atom stereocenters. The van der Waals surface area contributed by atoms with Gasteiger partial charge >= 0.3 is 3.92 Å². The monoisotopic (exact) mass is 231 g/mol. The van der Waals surface area contributed by atoms with Crippen LogP contribution in [0, 0.1) is 0 Å². The molecular formula is C5H4Cl2FNO2S. The molecule has 0 amide bonds. The Hall–Kier alpha value is -0.260. The van der Waals surface area contributed by atoms with Gasteiger partial charge in [-0.25, -0.2) is 8.42 Å². The van der Waals surface area contributed by atoms with E-state index in [0.717, 1.165) is 12.3 Å². The van der Waals surface area contributed by atoms with Crippen molar-refractivity contribution in [3.05, 3.63) is 18.5 Å². The Kier molecular flexibility index (Phi) is 2.38. The molecule has 3 nitrogen and oxygen atoms in total. The zero-order valence-corrected chi connectivity index (χ0v) is 7.92. The van der Waals surface area contributed by atoms with Crippen LogP contribution in [0.2, 0.25) is 0 Å². The molecule has 0 aliphatic rings. The predicted octanol–water partition coefficient (Wildman–Crippen LogP) is 1.85. The summed E-state index contributed by atoms with van der Waals surface area (Å²) in [6.07, 6.45) is 2.42. The molecule has 0 aromatic carbocycles. The molecular weight excluding hydrogens is 228 g/mol. The lowest BCUT2D eigenvalue weighted by molar-refractivity contribution is 0.469. The minimum Gasteiger partial charge on any atom is -0.366 e. The zero-order chi connectivity index (χ0) is 9.41. The Morgan fingerprint density at radius 1 is 1.50 bits per heavy atom. The molecule has 1 heterocycles. The predicted molar refractivity (Wildman–Crippen MR) is 43.5 cm³/mol. The van der Waals surface area contributed by atoms with Crippen LogP contribution in [0.4, 0.5) is 4.39 Å². The number of aromatic amines is 1. The molecule has 12 heavy (non-hydrogen) atoms. The molecule has 0 unspecified atom stereocenters. The Labute approximate surface area is 78.4 Å². The summed E-state index contributed by atoms with van der Waals surface area (Å²) in [7, 11) is -4.30. The average Bonchev–Trinajstić information content (AvgIpc) is 2.34. The average molecular weight is 232 g/mol. The molecule has 0 radical (unpaired) electrons. The van der Waals surface area contributed by atoms with Gasteiger partial charge in [0.25, 0.3) is 0 Å². The third kappa shape index (κ3) is 1.57. The maximum absolute atomic E-state index is 12.7. The lowest BCUT2D eigenvalue weighted by Crippen LogP contribution is -2.20. The first-order chi connectivity index (χ1) is 5.36. The standard InChI is InChI=1S/C5H4Cl2FNO2S/c6-5(7,8)12(10,11)4-1-2-9-3-4/h1-3,9H. The summed E-state index contributed by atoms with van der Waals surface area (Å²) >= 11 is 9.63. The number of halogens is 3. The zero-order valence-electron chi connectivity index (χ0n) is 5.59. The second-order valence-corrected chi connectivity index (χ2v) is 5.72. The van der Waals surface area contributed by atoms with Gasteiger partial charge in [0, 0.05) is 12.4 Å². The number of H-pyrrole nitrogens is 1. The highest BCUT2D eigenvalue weighted by Gasteiger charge is 2.41. The Morgan fingerprint density at radius 3 is 2.42 bits per heavy atom. The van der Waals surface area contributed by atoms with E-state index < -0.39 is 13.8 Å². The molecule has 0 fully saturated rings. The van der Waals surface area contributed by atoms with E-state index in [1.807, 2.05) is 0 Å². The summed E-state index contributed by atoms with van der Waals surface area (Å²) in [6.45, 7) is 0. The summed E-state index contributed by atoms with van der Waals surface area (Å²) in [4.78, 5) is 2.16. The Morgan fingerprint density at radius 2 is 2.08 bits per heavy atom. The first-order valence-corrected chi connectivity index (χ1v) is 5.04. The minimum atomic E-state index is -4.30. The summed E-state index contributed by atoms with van der Waals surface area (Å²) < 4.78 is 31.5. The van der Waals surface area contributed by atoms with Gasteiger partial charge < -0.3 is 4.98 Å². The number of nitrogens with one attached hydrogen (secondary N) is 1. The van der Waals surface area contributed by atoms with Crippen LogP contribution in [-0.4, -0.2) is 17.3 Å². The molecule has 0 aliphatic heterocycles. The quantitative estimate of drug-likeness (QED) is 0.791. The van der Waals surface area contributed by atoms with Crippen LogP contribution in [0.1, 0.15) is 0 Å². The van der Waals surface area contributed by atoms with Gasteiger partial charge in [-0.05, 0) is 29.3 Å². The van der Waals surface area contributed by atoms with Crippen LogP contribution in [-0.2, 0) is 9.84 Å². The van der Waals surface area contributed by atoms with E-state index >= 15 is 0 Å². The number of aromatic nitrogens is 1. The van der Waals surface area contributed by atoms with E-state index in [0.29, 0.717) is 0 Å². The molecule has 0 aliphatic carbocycles. The van der Waals surface area contributed by atoms with Crippen molar-refractivity contribution in [3.8, 4) is 0 Å². The third-order valence-corrected chi connectivity index (χ3v) is 3.89. The molecule has 7 heteroatoms. The molecule has 0 spiro atoms. The Balaban J connectivity index is 3.22.